The number of nitrogens with zero attached hydrogens (tertiary/aromatic N) is 3. The Morgan fingerprint density at radius 3 is 2.81 bits per heavy atom. The normalized spacial score (nSPS) is 17.4. The highest BCUT2D eigenvalue weighted by atomic mass is 32.1. The molecule has 1 atom stereocenters. The molecule has 0 spiro atoms. The summed E-state index contributed by atoms with van der Waals surface area (Å²) in [6.07, 6.45) is 3.80. The van der Waals surface area contributed by atoms with Crippen molar-refractivity contribution in [2.45, 2.75) is 33.2 Å². The third-order valence-electron chi connectivity index (χ3n) is 5.25. The van der Waals surface area contributed by atoms with Crippen molar-refractivity contribution in [3.63, 3.8) is 0 Å². The molecule has 1 amide bonds. The quantitative estimate of drug-likeness (QED) is 0.695. The second-order valence-corrected chi connectivity index (χ2v) is 8.40. The van der Waals surface area contributed by atoms with Gasteiger partial charge in [-0.25, -0.2) is 4.98 Å². The molecule has 2 aromatic heterocycles. The first-order chi connectivity index (χ1) is 13.0. The Morgan fingerprint density at radius 2 is 2.07 bits per heavy atom. The van der Waals surface area contributed by atoms with E-state index >= 15 is 0 Å². The van der Waals surface area contributed by atoms with E-state index in [1.807, 2.05) is 42.2 Å². The van der Waals surface area contributed by atoms with Gasteiger partial charge in [0.15, 0.2) is 0 Å². The van der Waals surface area contributed by atoms with E-state index in [0.29, 0.717) is 27.6 Å². The van der Waals surface area contributed by atoms with E-state index in [2.05, 4.69) is 11.9 Å². The van der Waals surface area contributed by atoms with Crippen LogP contribution in [0.3, 0.4) is 0 Å². The summed E-state index contributed by atoms with van der Waals surface area (Å²) in [6.45, 7) is 6.11. The van der Waals surface area contributed by atoms with E-state index < -0.39 is 0 Å². The number of amides is 1. The van der Waals surface area contributed by atoms with Crippen molar-refractivity contribution in [3.8, 4) is 0 Å². The monoisotopic (exact) mass is 381 g/mol. The van der Waals surface area contributed by atoms with Gasteiger partial charge in [0.25, 0.3) is 11.5 Å². The summed E-state index contributed by atoms with van der Waals surface area (Å²) in [5.41, 5.74) is 1.73. The number of aryl methyl sites for hydroxylation is 1. The Labute approximate surface area is 162 Å². The summed E-state index contributed by atoms with van der Waals surface area (Å²) in [7, 11) is 0. The summed E-state index contributed by atoms with van der Waals surface area (Å²) >= 11 is 1.34. The zero-order valence-corrected chi connectivity index (χ0v) is 16.5. The number of benzene rings is 1. The van der Waals surface area contributed by atoms with Crippen LogP contribution in [-0.4, -0.2) is 33.4 Å². The fraction of sp³-hybridized carbons (Fsp3) is 0.381. The van der Waals surface area contributed by atoms with Gasteiger partial charge in [0.1, 0.15) is 4.83 Å². The summed E-state index contributed by atoms with van der Waals surface area (Å²) in [6, 6.07) is 9.85. The molecule has 1 saturated heterocycles. The minimum atomic E-state index is -0.0799. The van der Waals surface area contributed by atoms with Crippen LogP contribution in [0, 0.1) is 12.8 Å². The maximum Gasteiger partial charge on any atom is 0.264 e. The fourth-order valence-electron chi connectivity index (χ4n) is 3.77. The van der Waals surface area contributed by atoms with Crippen LogP contribution in [0.2, 0.25) is 0 Å². The summed E-state index contributed by atoms with van der Waals surface area (Å²) in [5.74, 6) is 0.565. The molecule has 27 heavy (non-hydrogen) atoms. The second-order valence-electron chi connectivity index (χ2n) is 7.40. The molecular weight excluding hydrogens is 358 g/mol. The maximum absolute atomic E-state index is 13.0. The summed E-state index contributed by atoms with van der Waals surface area (Å²) in [4.78, 5) is 33.7. The van der Waals surface area contributed by atoms with Crippen LogP contribution in [0.15, 0.2) is 41.5 Å². The highest BCUT2D eigenvalue weighted by molar-refractivity contribution is 7.20. The molecule has 0 aliphatic carbocycles. The molecule has 3 aromatic rings. The fourth-order valence-corrected chi connectivity index (χ4v) is 4.88. The van der Waals surface area contributed by atoms with Gasteiger partial charge in [0, 0.05) is 13.1 Å². The zero-order chi connectivity index (χ0) is 19.0. The van der Waals surface area contributed by atoms with E-state index in [0.717, 1.165) is 30.6 Å². The Bertz CT molecular complexity index is 1040. The predicted octanol–water partition coefficient (Wildman–Crippen LogP) is 3.69. The summed E-state index contributed by atoms with van der Waals surface area (Å²) < 4.78 is 1.62. The van der Waals surface area contributed by atoms with E-state index in [9.17, 15) is 9.59 Å². The molecule has 5 nitrogen and oxygen atoms in total. The lowest BCUT2D eigenvalue weighted by molar-refractivity contribution is 0.0687. The van der Waals surface area contributed by atoms with E-state index in [1.54, 1.807) is 10.9 Å². The molecule has 6 heteroatoms. The first-order valence-electron chi connectivity index (χ1n) is 9.36. The van der Waals surface area contributed by atoms with Crippen LogP contribution in [0.1, 0.15) is 40.6 Å². The minimum absolute atomic E-state index is 0.0380. The molecule has 1 unspecified atom stereocenters. The smallest absolute Gasteiger partial charge is 0.264 e. The maximum atomic E-state index is 13.0. The number of thiophene rings is 1. The van der Waals surface area contributed by atoms with Crippen LogP contribution in [0.5, 0.6) is 0 Å². The van der Waals surface area contributed by atoms with Gasteiger partial charge < -0.3 is 4.90 Å². The largest absolute Gasteiger partial charge is 0.338 e. The molecule has 0 N–H and O–H groups in total. The van der Waals surface area contributed by atoms with Crippen LogP contribution in [0.25, 0.3) is 10.2 Å². The van der Waals surface area contributed by atoms with Gasteiger partial charge >= 0.3 is 0 Å². The highest BCUT2D eigenvalue weighted by Crippen LogP contribution is 2.29. The molecule has 1 aliphatic heterocycles. The lowest BCUT2D eigenvalue weighted by Crippen LogP contribution is -2.39. The third-order valence-corrected chi connectivity index (χ3v) is 6.44. The van der Waals surface area contributed by atoms with Crippen molar-refractivity contribution in [2.24, 2.45) is 5.92 Å². The van der Waals surface area contributed by atoms with E-state index in [1.165, 1.54) is 17.8 Å². The molecule has 3 heterocycles. The van der Waals surface area contributed by atoms with Crippen LogP contribution in [0.4, 0.5) is 0 Å². The Morgan fingerprint density at radius 1 is 1.30 bits per heavy atom. The van der Waals surface area contributed by atoms with Crippen molar-refractivity contribution >= 4 is 27.5 Å². The molecule has 4 rings (SSSR count). The average molecular weight is 382 g/mol. The Balaban J connectivity index is 1.70. The van der Waals surface area contributed by atoms with E-state index in [4.69, 9.17) is 0 Å². The molecule has 0 radical (unpaired) electrons. The average Bonchev–Trinajstić information content (AvgIpc) is 3.01. The number of rotatable bonds is 3. The number of hydrogen-bond acceptors (Lipinski definition) is 4. The first kappa shape index (κ1) is 17.9. The van der Waals surface area contributed by atoms with Gasteiger partial charge in [-0.1, -0.05) is 37.3 Å². The lowest BCUT2D eigenvalue weighted by atomic mass is 10.00. The molecule has 1 aliphatic rings. The number of hydrogen-bond donors (Lipinski definition) is 0. The van der Waals surface area contributed by atoms with Gasteiger partial charge in [-0.3, -0.25) is 14.2 Å². The SMILES string of the molecule is Cc1c(C(=O)N2CCCC(C)C2)sc2ncn(Cc3ccccc3)c(=O)c12. The number of fused-ring (bicyclic) bond motifs is 1. The van der Waals surface area contributed by atoms with Crippen molar-refractivity contribution < 1.29 is 4.79 Å². The molecule has 1 fully saturated rings. The summed E-state index contributed by atoms with van der Waals surface area (Å²) in [5, 5.41) is 0.576. The second kappa shape index (κ2) is 7.27. The zero-order valence-electron chi connectivity index (χ0n) is 15.6. The van der Waals surface area contributed by atoms with Gasteiger partial charge in [0.2, 0.25) is 0 Å². The Kier molecular flexibility index (Phi) is 4.83. The van der Waals surface area contributed by atoms with Gasteiger partial charge in [-0.05, 0) is 36.8 Å². The number of piperidine rings is 1. The van der Waals surface area contributed by atoms with Crippen LogP contribution >= 0.6 is 11.3 Å². The molecular formula is C21H23N3O2S. The van der Waals surface area contributed by atoms with E-state index in [-0.39, 0.29) is 11.5 Å². The number of carbonyl (C=O) groups excluding carboxylic acids is 1. The highest BCUT2D eigenvalue weighted by Gasteiger charge is 2.26. The van der Waals surface area contributed by atoms with Crippen molar-refractivity contribution in [2.75, 3.05) is 13.1 Å². The minimum Gasteiger partial charge on any atom is -0.338 e. The number of carbonyl (C=O) groups is 1. The topological polar surface area (TPSA) is 55.2 Å². The lowest BCUT2D eigenvalue weighted by Gasteiger charge is -2.30. The molecule has 0 bridgehead atoms. The molecule has 1 aromatic carbocycles. The van der Waals surface area contributed by atoms with Gasteiger partial charge in [-0.2, -0.15) is 0 Å². The number of aromatic nitrogens is 2. The number of likely N-dealkylation sites (tertiary alicyclic amines) is 1. The molecule has 0 saturated carbocycles. The van der Waals surface area contributed by atoms with Crippen LogP contribution < -0.4 is 5.56 Å². The standard InChI is InChI=1S/C21H23N3O2S/c1-14-7-6-10-23(11-14)21(26)18-15(2)17-19(27-18)22-13-24(20(17)25)12-16-8-4-3-5-9-16/h3-5,8-9,13-14H,6-7,10-12H2,1-2H3. The third kappa shape index (κ3) is 3.41. The Hall–Kier alpha value is -2.47. The first-order valence-corrected chi connectivity index (χ1v) is 10.2. The van der Waals surface area contributed by atoms with Crippen molar-refractivity contribution in [3.05, 3.63) is 63.0 Å². The van der Waals surface area contributed by atoms with Gasteiger partial charge in [-0.15, -0.1) is 11.3 Å². The van der Waals surface area contributed by atoms with Gasteiger partial charge in [0.05, 0.1) is 23.1 Å². The predicted molar refractivity (Wildman–Crippen MR) is 108 cm³/mol. The van der Waals surface area contributed by atoms with Crippen molar-refractivity contribution in [1.82, 2.24) is 14.5 Å². The van der Waals surface area contributed by atoms with Crippen LogP contribution in [-0.2, 0) is 6.54 Å². The van der Waals surface area contributed by atoms with Crippen molar-refractivity contribution in [1.29, 1.82) is 0 Å². The molecule has 140 valence electrons.